The van der Waals surface area contributed by atoms with Crippen molar-refractivity contribution in [2.75, 3.05) is 0 Å². The molecule has 33 heavy (non-hydrogen) atoms. The Bertz CT molecular complexity index is 1300. The molecule has 168 valence electrons. The predicted molar refractivity (Wildman–Crippen MR) is 112 cm³/mol. The lowest BCUT2D eigenvalue weighted by atomic mass is 10.0. The lowest BCUT2D eigenvalue weighted by molar-refractivity contribution is -0.137. The third-order valence-electron chi connectivity index (χ3n) is 4.69. The van der Waals surface area contributed by atoms with Crippen LogP contribution in [0.25, 0.3) is 22.8 Å². The van der Waals surface area contributed by atoms with Crippen LogP contribution in [-0.4, -0.2) is 25.8 Å². The van der Waals surface area contributed by atoms with E-state index in [1.165, 1.54) is 18.5 Å². The molecule has 2 aromatic heterocycles. The number of imidazole rings is 1. The molecular weight excluding hydrogens is 435 g/mol. The van der Waals surface area contributed by atoms with E-state index in [0.29, 0.717) is 16.9 Å². The molecule has 0 saturated carbocycles. The van der Waals surface area contributed by atoms with Gasteiger partial charge in [-0.25, -0.2) is 4.98 Å². The number of hydrogen-bond acceptors (Lipinski definition) is 6. The van der Waals surface area contributed by atoms with E-state index < -0.39 is 11.7 Å². The summed E-state index contributed by atoms with van der Waals surface area (Å²) in [5.74, 6) is 0.185. The van der Waals surface area contributed by atoms with Gasteiger partial charge < -0.3 is 13.8 Å². The second-order valence-electron chi connectivity index (χ2n) is 7.53. The fourth-order valence-corrected chi connectivity index (χ4v) is 3.27. The molecule has 0 bridgehead atoms. The molecule has 0 atom stereocenters. The Morgan fingerprint density at radius 1 is 1.18 bits per heavy atom. The summed E-state index contributed by atoms with van der Waals surface area (Å²) in [7, 11) is 0. The molecule has 0 saturated heterocycles. The zero-order chi connectivity index (χ0) is 23.6. The number of nitrogens with zero attached hydrogens (tertiary/aromatic N) is 5. The molecular formula is C23H18F3N5O2. The van der Waals surface area contributed by atoms with Gasteiger partial charge in [-0.1, -0.05) is 17.3 Å². The number of rotatable bonds is 6. The summed E-state index contributed by atoms with van der Waals surface area (Å²) < 4.78 is 53.9. The molecule has 0 fully saturated rings. The average molecular weight is 453 g/mol. The largest absolute Gasteiger partial charge is 0.490 e. The van der Waals surface area contributed by atoms with Crippen LogP contribution < -0.4 is 4.74 Å². The Hall–Kier alpha value is -4.13. The van der Waals surface area contributed by atoms with Gasteiger partial charge in [-0.05, 0) is 43.7 Å². The van der Waals surface area contributed by atoms with Crippen molar-refractivity contribution in [2.45, 2.75) is 32.7 Å². The summed E-state index contributed by atoms with van der Waals surface area (Å²) in [5.41, 5.74) is 0.0256. The van der Waals surface area contributed by atoms with E-state index in [1.807, 2.05) is 19.9 Å². The molecule has 7 nitrogen and oxygen atoms in total. The first kappa shape index (κ1) is 22.1. The second-order valence-corrected chi connectivity index (χ2v) is 7.53. The van der Waals surface area contributed by atoms with E-state index in [-0.39, 0.29) is 35.5 Å². The Morgan fingerprint density at radius 2 is 2.00 bits per heavy atom. The van der Waals surface area contributed by atoms with Gasteiger partial charge in [0.15, 0.2) is 0 Å². The van der Waals surface area contributed by atoms with Crippen LogP contribution in [0, 0.1) is 11.3 Å². The normalized spacial score (nSPS) is 11.5. The van der Waals surface area contributed by atoms with Gasteiger partial charge in [0.1, 0.15) is 11.8 Å². The van der Waals surface area contributed by atoms with Gasteiger partial charge in [0, 0.05) is 30.1 Å². The van der Waals surface area contributed by atoms with Crippen LogP contribution in [0.4, 0.5) is 13.2 Å². The van der Waals surface area contributed by atoms with Crippen LogP contribution in [0.3, 0.4) is 0 Å². The van der Waals surface area contributed by atoms with Gasteiger partial charge in [-0.15, -0.1) is 0 Å². The van der Waals surface area contributed by atoms with Crippen molar-refractivity contribution in [3.63, 3.8) is 0 Å². The minimum absolute atomic E-state index is 0.00628. The maximum Gasteiger partial charge on any atom is 0.417 e. The molecule has 0 aliphatic rings. The first-order chi connectivity index (χ1) is 15.7. The third kappa shape index (κ3) is 4.87. The monoisotopic (exact) mass is 453 g/mol. The number of halogens is 3. The van der Waals surface area contributed by atoms with Crippen LogP contribution in [0.2, 0.25) is 0 Å². The van der Waals surface area contributed by atoms with Crippen LogP contribution in [0.1, 0.15) is 30.5 Å². The minimum Gasteiger partial charge on any atom is -0.490 e. The summed E-state index contributed by atoms with van der Waals surface area (Å²) in [6.45, 7) is 3.90. The molecule has 2 heterocycles. The molecule has 10 heteroatoms. The minimum atomic E-state index is -4.62. The fraction of sp³-hybridized carbons (Fsp3) is 0.217. The third-order valence-corrected chi connectivity index (χ3v) is 4.69. The molecule has 2 aromatic carbocycles. The maximum absolute atomic E-state index is 13.8. The Morgan fingerprint density at radius 3 is 2.67 bits per heavy atom. The summed E-state index contributed by atoms with van der Waals surface area (Å²) in [6.07, 6.45) is -0.000987. The number of nitriles is 1. The van der Waals surface area contributed by atoms with Gasteiger partial charge in [-0.2, -0.15) is 23.4 Å². The summed E-state index contributed by atoms with van der Waals surface area (Å²) in [5, 5.41) is 13.2. The van der Waals surface area contributed by atoms with Crippen LogP contribution in [-0.2, 0) is 12.7 Å². The van der Waals surface area contributed by atoms with Crippen molar-refractivity contribution in [3.8, 4) is 34.7 Å². The van der Waals surface area contributed by atoms with E-state index in [0.717, 1.165) is 6.07 Å². The zero-order valence-corrected chi connectivity index (χ0v) is 17.7. The maximum atomic E-state index is 13.8. The standard InChI is InChI=1S/C23H18F3N5O2/c1-14(2)32-20-6-4-16(10-17(20)11-27)22-29-21(30-33-22)18-5-3-15(9-19(18)23(24,25)26)12-31-8-7-28-13-31/h3-10,13-14H,12H2,1-2H3. The van der Waals surface area contributed by atoms with E-state index in [4.69, 9.17) is 9.26 Å². The van der Waals surface area contributed by atoms with Crippen molar-refractivity contribution in [1.29, 1.82) is 5.26 Å². The molecule has 4 rings (SSSR count). The molecule has 0 amide bonds. The Labute approximate surface area is 187 Å². The van der Waals surface area contributed by atoms with Gasteiger partial charge in [0.2, 0.25) is 5.82 Å². The number of benzene rings is 2. The van der Waals surface area contributed by atoms with Crippen LogP contribution in [0.15, 0.2) is 59.6 Å². The van der Waals surface area contributed by atoms with E-state index in [2.05, 4.69) is 15.1 Å². The smallest absolute Gasteiger partial charge is 0.417 e. The fourth-order valence-electron chi connectivity index (χ4n) is 3.27. The molecule has 0 radical (unpaired) electrons. The molecule has 0 N–H and O–H groups in total. The van der Waals surface area contributed by atoms with E-state index in [9.17, 15) is 18.4 Å². The highest BCUT2D eigenvalue weighted by molar-refractivity contribution is 5.66. The van der Waals surface area contributed by atoms with E-state index in [1.54, 1.807) is 35.2 Å². The molecule has 0 aliphatic heterocycles. The quantitative estimate of drug-likeness (QED) is 0.392. The first-order valence-corrected chi connectivity index (χ1v) is 9.95. The predicted octanol–water partition coefficient (Wildman–Crippen LogP) is 5.33. The van der Waals surface area contributed by atoms with Gasteiger partial charge in [0.05, 0.1) is 23.6 Å². The highest BCUT2D eigenvalue weighted by atomic mass is 19.4. The molecule has 4 aromatic rings. The second kappa shape index (κ2) is 8.78. The number of aromatic nitrogens is 4. The number of hydrogen-bond donors (Lipinski definition) is 0. The van der Waals surface area contributed by atoms with Gasteiger partial charge in [-0.3, -0.25) is 0 Å². The highest BCUT2D eigenvalue weighted by Crippen LogP contribution is 2.37. The van der Waals surface area contributed by atoms with Crippen molar-refractivity contribution >= 4 is 0 Å². The highest BCUT2D eigenvalue weighted by Gasteiger charge is 2.35. The van der Waals surface area contributed by atoms with Gasteiger partial charge in [0.25, 0.3) is 5.89 Å². The first-order valence-electron chi connectivity index (χ1n) is 9.95. The lowest BCUT2D eigenvalue weighted by Crippen LogP contribution is -2.09. The van der Waals surface area contributed by atoms with Crippen molar-refractivity contribution < 1.29 is 22.4 Å². The lowest BCUT2D eigenvalue weighted by Gasteiger charge is -2.13. The Kier molecular flexibility index (Phi) is 5.87. The topological polar surface area (TPSA) is 89.8 Å². The molecule has 0 spiro atoms. The van der Waals surface area contributed by atoms with Gasteiger partial charge >= 0.3 is 6.18 Å². The van der Waals surface area contributed by atoms with Crippen LogP contribution >= 0.6 is 0 Å². The summed E-state index contributed by atoms with van der Waals surface area (Å²) in [6, 6.07) is 10.7. The van der Waals surface area contributed by atoms with Crippen molar-refractivity contribution in [2.24, 2.45) is 0 Å². The Balaban J connectivity index is 1.69. The van der Waals surface area contributed by atoms with Crippen molar-refractivity contribution in [3.05, 3.63) is 71.8 Å². The summed E-state index contributed by atoms with van der Waals surface area (Å²) in [4.78, 5) is 8.05. The van der Waals surface area contributed by atoms with Crippen LogP contribution in [0.5, 0.6) is 5.75 Å². The molecule has 0 unspecified atom stereocenters. The van der Waals surface area contributed by atoms with E-state index >= 15 is 0 Å². The molecule has 0 aliphatic carbocycles. The van der Waals surface area contributed by atoms with Crippen molar-refractivity contribution in [1.82, 2.24) is 19.7 Å². The summed E-state index contributed by atoms with van der Waals surface area (Å²) >= 11 is 0. The number of ether oxygens (including phenoxy) is 1. The zero-order valence-electron chi connectivity index (χ0n) is 17.7. The number of alkyl halides is 3. The average Bonchev–Trinajstić information content (AvgIpc) is 3.45. The SMILES string of the molecule is CC(C)Oc1ccc(-c2nc(-c3ccc(Cn4ccnc4)cc3C(F)(F)F)no2)cc1C#N.